The Balaban J connectivity index is 1.75. The quantitative estimate of drug-likeness (QED) is 0.793. The smallest absolute Gasteiger partial charge is 0.179 e. The summed E-state index contributed by atoms with van der Waals surface area (Å²) in [6.07, 6.45) is 5.16. The first-order valence-electron chi connectivity index (χ1n) is 7.74. The highest BCUT2D eigenvalue weighted by Crippen LogP contribution is 2.30. The summed E-state index contributed by atoms with van der Waals surface area (Å²) in [5, 5.41) is 0. The van der Waals surface area contributed by atoms with Gasteiger partial charge in [-0.05, 0) is 19.8 Å². The van der Waals surface area contributed by atoms with Crippen molar-refractivity contribution < 1.29 is 9.53 Å². The third kappa shape index (κ3) is 2.65. The van der Waals surface area contributed by atoms with E-state index in [2.05, 4.69) is 4.90 Å². The first-order valence-corrected chi connectivity index (χ1v) is 7.74. The molecule has 2 fully saturated rings. The molecule has 1 heterocycles. The second-order valence-corrected chi connectivity index (χ2v) is 5.91. The fourth-order valence-electron chi connectivity index (χ4n) is 3.60. The second-order valence-electron chi connectivity index (χ2n) is 5.91. The number of benzene rings is 1. The topological polar surface area (TPSA) is 29.5 Å². The Hall–Kier alpha value is -1.19. The number of morpholine rings is 1. The molecule has 0 N–H and O–H groups in total. The Morgan fingerprint density at radius 2 is 2.00 bits per heavy atom. The number of nitrogens with zero attached hydrogens (tertiary/aromatic N) is 1. The van der Waals surface area contributed by atoms with Gasteiger partial charge in [-0.3, -0.25) is 9.69 Å². The molecule has 0 radical (unpaired) electrons. The fraction of sp³-hybridized carbons (Fsp3) is 0.588. The maximum absolute atomic E-state index is 12.6. The van der Waals surface area contributed by atoms with Crippen molar-refractivity contribution in [3.8, 4) is 0 Å². The van der Waals surface area contributed by atoms with Gasteiger partial charge in [0.25, 0.3) is 0 Å². The highest BCUT2D eigenvalue weighted by atomic mass is 16.5. The van der Waals surface area contributed by atoms with Crippen LogP contribution in [-0.4, -0.2) is 42.0 Å². The molecule has 1 saturated carbocycles. The number of fused-ring (bicyclic) bond motifs is 1. The zero-order chi connectivity index (χ0) is 13.9. The van der Waals surface area contributed by atoms with E-state index in [1.165, 1.54) is 12.8 Å². The van der Waals surface area contributed by atoms with Gasteiger partial charge in [0.15, 0.2) is 5.78 Å². The second kappa shape index (κ2) is 6.06. The molecule has 1 aromatic rings. The SMILES string of the molecule is CC(C(=O)c1ccccc1)N1CCOC2CCCCC21. The minimum Gasteiger partial charge on any atom is -0.375 e. The molecule has 20 heavy (non-hydrogen) atoms. The summed E-state index contributed by atoms with van der Waals surface area (Å²) in [5.41, 5.74) is 0.818. The highest BCUT2D eigenvalue weighted by Gasteiger charge is 2.38. The van der Waals surface area contributed by atoms with Crippen molar-refractivity contribution in [1.82, 2.24) is 4.90 Å². The number of ketones is 1. The predicted molar refractivity (Wildman–Crippen MR) is 78.9 cm³/mol. The number of hydrogen-bond donors (Lipinski definition) is 0. The number of Topliss-reactive ketones (excluding diaryl/α,β-unsaturated/α-hetero) is 1. The van der Waals surface area contributed by atoms with E-state index in [0.29, 0.717) is 12.1 Å². The highest BCUT2D eigenvalue weighted by molar-refractivity contribution is 5.99. The Morgan fingerprint density at radius 1 is 1.25 bits per heavy atom. The Bertz CT molecular complexity index is 457. The summed E-state index contributed by atoms with van der Waals surface area (Å²) in [4.78, 5) is 15.0. The van der Waals surface area contributed by atoms with Gasteiger partial charge in [-0.2, -0.15) is 0 Å². The molecule has 1 aliphatic heterocycles. The molecule has 3 unspecified atom stereocenters. The first kappa shape index (κ1) is 13.8. The molecule has 3 heteroatoms. The van der Waals surface area contributed by atoms with E-state index >= 15 is 0 Å². The van der Waals surface area contributed by atoms with Crippen LogP contribution in [0, 0.1) is 0 Å². The minimum absolute atomic E-state index is 0.0492. The van der Waals surface area contributed by atoms with E-state index in [1.54, 1.807) is 0 Å². The molecule has 3 atom stereocenters. The molecule has 2 aliphatic rings. The van der Waals surface area contributed by atoms with E-state index in [9.17, 15) is 4.79 Å². The van der Waals surface area contributed by atoms with Gasteiger partial charge in [0.2, 0.25) is 0 Å². The van der Waals surface area contributed by atoms with Gasteiger partial charge < -0.3 is 4.74 Å². The lowest BCUT2D eigenvalue weighted by Crippen LogP contribution is -2.57. The summed E-state index contributed by atoms with van der Waals surface area (Å²) in [5.74, 6) is 0.233. The average molecular weight is 273 g/mol. The minimum atomic E-state index is -0.0492. The molecular weight excluding hydrogens is 250 g/mol. The lowest BCUT2D eigenvalue weighted by Gasteiger charge is -2.46. The van der Waals surface area contributed by atoms with E-state index in [-0.39, 0.29) is 11.8 Å². The zero-order valence-corrected chi connectivity index (χ0v) is 12.1. The van der Waals surface area contributed by atoms with Crippen LogP contribution in [0.1, 0.15) is 43.0 Å². The molecule has 1 aliphatic carbocycles. The molecule has 3 rings (SSSR count). The number of ether oxygens (including phenoxy) is 1. The Morgan fingerprint density at radius 3 is 2.80 bits per heavy atom. The van der Waals surface area contributed by atoms with Crippen LogP contribution in [0.5, 0.6) is 0 Å². The van der Waals surface area contributed by atoms with Crippen LogP contribution in [0.3, 0.4) is 0 Å². The van der Waals surface area contributed by atoms with Crippen molar-refractivity contribution in [3.63, 3.8) is 0 Å². The summed E-state index contributed by atoms with van der Waals surface area (Å²) in [6.45, 7) is 3.68. The third-order valence-electron chi connectivity index (χ3n) is 4.71. The maximum atomic E-state index is 12.6. The predicted octanol–water partition coefficient (Wildman–Crippen LogP) is 2.90. The van der Waals surface area contributed by atoms with Crippen molar-refractivity contribution in [1.29, 1.82) is 0 Å². The lowest BCUT2D eigenvalue weighted by molar-refractivity contribution is -0.0953. The average Bonchev–Trinajstić information content (AvgIpc) is 2.54. The first-order chi connectivity index (χ1) is 9.77. The van der Waals surface area contributed by atoms with Gasteiger partial charge >= 0.3 is 0 Å². The normalized spacial score (nSPS) is 28.6. The summed E-state index contributed by atoms with van der Waals surface area (Å²) >= 11 is 0. The summed E-state index contributed by atoms with van der Waals surface area (Å²) < 4.78 is 5.89. The molecule has 0 spiro atoms. The molecule has 1 aromatic carbocycles. The van der Waals surface area contributed by atoms with Crippen molar-refractivity contribution in [2.45, 2.75) is 50.8 Å². The van der Waals surface area contributed by atoms with Gasteiger partial charge in [0, 0.05) is 18.2 Å². The van der Waals surface area contributed by atoms with Crippen molar-refractivity contribution in [3.05, 3.63) is 35.9 Å². The third-order valence-corrected chi connectivity index (χ3v) is 4.71. The monoisotopic (exact) mass is 273 g/mol. The van der Waals surface area contributed by atoms with Gasteiger partial charge in [-0.25, -0.2) is 0 Å². The molecule has 0 aromatic heterocycles. The zero-order valence-electron chi connectivity index (χ0n) is 12.1. The van der Waals surface area contributed by atoms with E-state index in [4.69, 9.17) is 4.74 Å². The number of carbonyl (C=O) groups is 1. The number of hydrogen-bond acceptors (Lipinski definition) is 3. The van der Waals surface area contributed by atoms with Gasteiger partial charge in [0.1, 0.15) is 0 Å². The van der Waals surface area contributed by atoms with Crippen molar-refractivity contribution in [2.75, 3.05) is 13.2 Å². The van der Waals surface area contributed by atoms with Crippen LogP contribution in [0.2, 0.25) is 0 Å². The Kier molecular flexibility index (Phi) is 4.18. The Labute approximate surface area is 120 Å². The lowest BCUT2D eigenvalue weighted by atomic mass is 9.88. The van der Waals surface area contributed by atoms with Crippen LogP contribution in [0.15, 0.2) is 30.3 Å². The van der Waals surface area contributed by atoms with Crippen molar-refractivity contribution >= 4 is 5.78 Å². The summed E-state index contributed by atoms with van der Waals surface area (Å²) in [7, 11) is 0. The standard InChI is InChI=1S/C17H23NO2/c1-13(17(19)14-7-3-2-4-8-14)18-11-12-20-16-10-6-5-9-15(16)18/h2-4,7-8,13,15-16H,5-6,9-12H2,1H3. The summed E-state index contributed by atoms with van der Waals surface area (Å²) in [6, 6.07) is 10.0. The van der Waals surface area contributed by atoms with Crippen LogP contribution in [0.25, 0.3) is 0 Å². The molecule has 108 valence electrons. The number of carbonyl (C=O) groups excluding carboxylic acids is 1. The largest absolute Gasteiger partial charge is 0.375 e. The molecule has 3 nitrogen and oxygen atoms in total. The van der Waals surface area contributed by atoms with Crippen LogP contribution >= 0.6 is 0 Å². The van der Waals surface area contributed by atoms with E-state index < -0.39 is 0 Å². The fourth-order valence-corrected chi connectivity index (χ4v) is 3.60. The van der Waals surface area contributed by atoms with Crippen LogP contribution in [0.4, 0.5) is 0 Å². The van der Waals surface area contributed by atoms with Gasteiger partial charge in [-0.15, -0.1) is 0 Å². The maximum Gasteiger partial charge on any atom is 0.179 e. The number of rotatable bonds is 3. The molecule has 0 amide bonds. The van der Waals surface area contributed by atoms with Crippen LogP contribution in [-0.2, 0) is 4.74 Å². The van der Waals surface area contributed by atoms with Crippen molar-refractivity contribution in [2.24, 2.45) is 0 Å². The van der Waals surface area contributed by atoms with E-state index in [1.807, 2.05) is 37.3 Å². The van der Waals surface area contributed by atoms with E-state index in [0.717, 1.165) is 31.6 Å². The van der Waals surface area contributed by atoms with Crippen LogP contribution < -0.4 is 0 Å². The van der Waals surface area contributed by atoms with Gasteiger partial charge in [0.05, 0.1) is 18.8 Å². The molecule has 0 bridgehead atoms. The van der Waals surface area contributed by atoms with Gasteiger partial charge in [-0.1, -0.05) is 43.2 Å². The molecule has 1 saturated heterocycles. The molecular formula is C17H23NO2.